The molecule has 2 aliphatic rings. The molecule has 1 saturated carbocycles. The average Bonchev–Trinajstić information content (AvgIpc) is 3.07. The van der Waals surface area contributed by atoms with Crippen molar-refractivity contribution in [1.82, 2.24) is 4.98 Å². The summed E-state index contributed by atoms with van der Waals surface area (Å²) in [6, 6.07) is 0. The number of nitrogens with zero attached hydrogens (tertiary/aromatic N) is 2. The van der Waals surface area contributed by atoms with Crippen LogP contribution in [0.2, 0.25) is 0 Å². The number of fused-ring (bicyclic) bond motifs is 1. The monoisotopic (exact) mass is 306 g/mol. The first-order valence-corrected chi connectivity index (χ1v) is 7.53. The van der Waals surface area contributed by atoms with Crippen LogP contribution in [0.1, 0.15) is 24.6 Å². The summed E-state index contributed by atoms with van der Waals surface area (Å²) in [7, 11) is 0. The van der Waals surface area contributed by atoms with Crippen molar-refractivity contribution in [1.29, 1.82) is 0 Å². The second-order valence-corrected chi connectivity index (χ2v) is 6.56. The lowest BCUT2D eigenvalue weighted by atomic mass is 10.00. The predicted molar refractivity (Wildman–Crippen MR) is 76.7 cm³/mol. The van der Waals surface area contributed by atoms with E-state index in [1.165, 1.54) is 17.2 Å². The Morgan fingerprint density at radius 3 is 2.57 bits per heavy atom. The molecule has 0 spiro atoms. The zero-order chi connectivity index (χ0) is 15.1. The fraction of sp³-hybridized carbons (Fsp3) is 0.429. The number of carbonyl (C=O) groups excluding carboxylic acids is 2. The minimum absolute atomic E-state index is 0.169. The van der Waals surface area contributed by atoms with Gasteiger partial charge in [0.25, 0.3) is 0 Å². The van der Waals surface area contributed by atoms with Crippen LogP contribution >= 0.6 is 11.3 Å². The number of carboxylic acids is 1. The normalized spacial score (nSPS) is 28.6. The van der Waals surface area contributed by atoms with E-state index in [4.69, 9.17) is 5.11 Å². The van der Waals surface area contributed by atoms with Crippen molar-refractivity contribution in [3.8, 4) is 0 Å². The van der Waals surface area contributed by atoms with E-state index in [0.29, 0.717) is 15.9 Å². The second-order valence-electron chi connectivity index (χ2n) is 5.52. The Kier molecular flexibility index (Phi) is 3.36. The molecule has 1 aromatic heterocycles. The molecule has 2 fully saturated rings. The molecule has 6 nitrogen and oxygen atoms in total. The van der Waals surface area contributed by atoms with Crippen LogP contribution in [0.3, 0.4) is 0 Å². The number of aliphatic carboxylic acids is 1. The Morgan fingerprint density at radius 1 is 1.38 bits per heavy atom. The maximum absolute atomic E-state index is 12.4. The van der Waals surface area contributed by atoms with Crippen LogP contribution < -0.4 is 4.90 Å². The Labute approximate surface area is 125 Å². The number of amides is 2. The molecule has 2 amide bonds. The molecule has 1 saturated heterocycles. The molecule has 2 unspecified atom stereocenters. The number of carbonyl (C=O) groups is 3. The zero-order valence-electron chi connectivity index (χ0n) is 11.4. The molecule has 2 atom stereocenters. The van der Waals surface area contributed by atoms with Crippen molar-refractivity contribution < 1.29 is 19.5 Å². The van der Waals surface area contributed by atoms with Gasteiger partial charge < -0.3 is 5.11 Å². The summed E-state index contributed by atoms with van der Waals surface area (Å²) in [5, 5.41) is 8.92. The van der Waals surface area contributed by atoms with E-state index in [1.54, 1.807) is 0 Å². The number of thiazole rings is 1. The van der Waals surface area contributed by atoms with Gasteiger partial charge in [0.05, 0.1) is 11.8 Å². The van der Waals surface area contributed by atoms with Crippen molar-refractivity contribution in [2.45, 2.75) is 19.8 Å². The summed E-state index contributed by atoms with van der Waals surface area (Å²) < 4.78 is 0. The van der Waals surface area contributed by atoms with Gasteiger partial charge in [0, 0.05) is 17.2 Å². The van der Waals surface area contributed by atoms with Crippen molar-refractivity contribution in [2.24, 2.45) is 17.8 Å². The first kappa shape index (κ1) is 13.9. The minimum atomic E-state index is -1.05. The van der Waals surface area contributed by atoms with Crippen LogP contribution in [0.5, 0.6) is 0 Å². The average molecular weight is 306 g/mol. The third-order valence-electron chi connectivity index (χ3n) is 3.97. The second kappa shape index (κ2) is 5.07. The maximum Gasteiger partial charge on any atom is 0.328 e. The van der Waals surface area contributed by atoms with Gasteiger partial charge in [-0.15, -0.1) is 0 Å². The van der Waals surface area contributed by atoms with E-state index in [2.05, 4.69) is 11.9 Å². The zero-order valence-corrected chi connectivity index (χ0v) is 12.2. The van der Waals surface area contributed by atoms with Gasteiger partial charge >= 0.3 is 5.97 Å². The summed E-state index contributed by atoms with van der Waals surface area (Å²) in [5.74, 6) is -1.42. The molecule has 0 aromatic carbocycles. The summed E-state index contributed by atoms with van der Waals surface area (Å²) in [6.07, 6.45) is 5.38. The molecule has 3 rings (SSSR count). The van der Waals surface area contributed by atoms with Crippen molar-refractivity contribution in [3.63, 3.8) is 0 Å². The molecular weight excluding hydrogens is 292 g/mol. The van der Waals surface area contributed by atoms with E-state index in [9.17, 15) is 14.4 Å². The smallest absolute Gasteiger partial charge is 0.328 e. The molecule has 1 aliphatic carbocycles. The summed E-state index contributed by atoms with van der Waals surface area (Å²) in [5.41, 5.74) is 0. The maximum atomic E-state index is 12.4. The van der Waals surface area contributed by atoms with E-state index < -0.39 is 5.97 Å². The quantitative estimate of drug-likeness (QED) is 0.679. The van der Waals surface area contributed by atoms with Gasteiger partial charge in [0.2, 0.25) is 11.8 Å². The molecule has 21 heavy (non-hydrogen) atoms. The fourth-order valence-corrected chi connectivity index (χ4v) is 3.91. The van der Waals surface area contributed by atoms with E-state index in [0.717, 1.165) is 30.3 Å². The number of hydrogen-bond acceptors (Lipinski definition) is 5. The number of carboxylic acid groups (broad SMARTS) is 1. The Balaban J connectivity index is 1.83. The number of hydrogen-bond donors (Lipinski definition) is 1. The fourth-order valence-electron chi connectivity index (χ4n) is 3.08. The van der Waals surface area contributed by atoms with Crippen molar-refractivity contribution in [2.75, 3.05) is 4.90 Å². The van der Waals surface area contributed by atoms with Gasteiger partial charge in [-0.3, -0.25) is 9.59 Å². The highest BCUT2D eigenvalue weighted by Gasteiger charge is 2.52. The topological polar surface area (TPSA) is 87.6 Å². The number of imide groups is 1. The van der Waals surface area contributed by atoms with Crippen molar-refractivity contribution >= 4 is 40.3 Å². The highest BCUT2D eigenvalue weighted by Crippen LogP contribution is 2.44. The van der Waals surface area contributed by atoms with Crippen LogP contribution in [-0.2, 0) is 14.4 Å². The number of rotatable bonds is 3. The van der Waals surface area contributed by atoms with E-state index >= 15 is 0 Å². The number of aromatic nitrogens is 1. The van der Waals surface area contributed by atoms with Crippen LogP contribution in [0.15, 0.2) is 12.3 Å². The summed E-state index contributed by atoms with van der Waals surface area (Å²) in [4.78, 5) is 41.1. The third kappa shape index (κ3) is 2.37. The minimum Gasteiger partial charge on any atom is -0.478 e. The SMILES string of the molecule is CC1CC2C(=O)N(c3ncc(/C=C/C(=O)O)s3)C(=O)C2C1. The molecule has 1 N–H and O–H groups in total. The lowest BCUT2D eigenvalue weighted by Gasteiger charge is -2.13. The lowest BCUT2D eigenvalue weighted by Crippen LogP contribution is -2.31. The highest BCUT2D eigenvalue weighted by molar-refractivity contribution is 7.16. The largest absolute Gasteiger partial charge is 0.478 e. The van der Waals surface area contributed by atoms with Crippen LogP contribution in [0.25, 0.3) is 6.08 Å². The highest BCUT2D eigenvalue weighted by atomic mass is 32.1. The molecule has 1 aliphatic heterocycles. The van der Waals surface area contributed by atoms with Crippen molar-refractivity contribution in [3.05, 3.63) is 17.2 Å². The Hall–Kier alpha value is -2.02. The lowest BCUT2D eigenvalue weighted by molar-refractivity contribution is -0.131. The van der Waals surface area contributed by atoms with Gasteiger partial charge in [0.15, 0.2) is 5.13 Å². The van der Waals surface area contributed by atoms with Gasteiger partial charge in [0.1, 0.15) is 0 Å². The molecule has 0 radical (unpaired) electrons. The standard InChI is InChI=1S/C14H14N2O4S/c1-7-4-9-10(5-7)13(20)16(12(9)19)14-15-6-8(21-14)2-3-11(17)18/h2-3,6-7,9-10H,4-5H2,1H3,(H,17,18)/b3-2+. The molecular formula is C14H14N2O4S. The van der Waals surface area contributed by atoms with E-state index in [1.807, 2.05) is 0 Å². The van der Waals surface area contributed by atoms with Gasteiger partial charge in [-0.2, -0.15) is 0 Å². The number of anilines is 1. The van der Waals surface area contributed by atoms with Crippen LogP contribution in [0.4, 0.5) is 5.13 Å². The van der Waals surface area contributed by atoms with E-state index in [-0.39, 0.29) is 23.7 Å². The van der Waals surface area contributed by atoms with Gasteiger partial charge in [-0.05, 0) is 24.8 Å². The molecule has 2 heterocycles. The van der Waals surface area contributed by atoms with Gasteiger partial charge in [-0.25, -0.2) is 14.7 Å². The Morgan fingerprint density at radius 2 is 2.00 bits per heavy atom. The molecule has 7 heteroatoms. The summed E-state index contributed by atoms with van der Waals surface area (Å²) >= 11 is 1.14. The van der Waals surface area contributed by atoms with Crippen LogP contribution in [0, 0.1) is 17.8 Å². The predicted octanol–water partition coefficient (Wildman–Crippen LogP) is 1.78. The molecule has 110 valence electrons. The van der Waals surface area contributed by atoms with Gasteiger partial charge in [-0.1, -0.05) is 18.3 Å². The van der Waals surface area contributed by atoms with Crippen LogP contribution in [-0.4, -0.2) is 27.9 Å². The molecule has 0 bridgehead atoms. The first-order valence-electron chi connectivity index (χ1n) is 6.72. The Bertz CT molecular complexity index is 627. The third-order valence-corrected chi connectivity index (χ3v) is 4.91. The first-order chi connectivity index (χ1) is 9.97. The molecule has 1 aromatic rings. The summed E-state index contributed by atoms with van der Waals surface area (Å²) in [6.45, 7) is 2.06.